The number of furan rings is 1. The lowest BCUT2D eigenvalue weighted by Crippen LogP contribution is -2.33. The molecule has 1 aromatic heterocycles. The number of hydrogen-bond acceptors (Lipinski definition) is 2. The maximum absolute atomic E-state index is 13.3. The molecule has 0 saturated heterocycles. The van der Waals surface area contributed by atoms with Gasteiger partial charge in [-0.3, -0.25) is 4.79 Å². The van der Waals surface area contributed by atoms with Crippen LogP contribution in [0.15, 0.2) is 77.2 Å². The fourth-order valence-electron chi connectivity index (χ4n) is 4.16. The van der Waals surface area contributed by atoms with Crippen LogP contribution in [0, 0.1) is 20.8 Å². The molecule has 30 heavy (non-hydrogen) atoms. The second-order valence-electron chi connectivity index (χ2n) is 8.08. The third kappa shape index (κ3) is 4.02. The summed E-state index contributed by atoms with van der Waals surface area (Å²) in [4.78, 5) is 15.2. The largest absolute Gasteiger partial charge is 0.461 e. The molecule has 0 N–H and O–H groups in total. The first-order valence-corrected chi connectivity index (χ1v) is 10.3. The van der Waals surface area contributed by atoms with E-state index in [4.69, 9.17) is 4.42 Å². The molecule has 0 spiro atoms. The first-order chi connectivity index (χ1) is 14.4. The summed E-state index contributed by atoms with van der Waals surface area (Å²) in [6.07, 6.45) is 0.352. The van der Waals surface area contributed by atoms with Crippen molar-refractivity contribution in [1.29, 1.82) is 0 Å². The SMILES string of the molecule is Cc1ccc(C(c2ccccc2)N(C)C(=O)Cc2ccc3oc(C)cc3c2)c(C)c1. The molecular formula is C27H27NO2. The van der Waals surface area contributed by atoms with E-state index < -0.39 is 0 Å². The molecule has 4 rings (SSSR count). The lowest BCUT2D eigenvalue weighted by molar-refractivity contribution is -0.130. The molecule has 1 atom stereocenters. The van der Waals surface area contributed by atoms with Crippen LogP contribution in [0.3, 0.4) is 0 Å². The number of nitrogens with zero attached hydrogens (tertiary/aromatic N) is 1. The van der Waals surface area contributed by atoms with E-state index in [9.17, 15) is 4.79 Å². The van der Waals surface area contributed by atoms with Gasteiger partial charge < -0.3 is 9.32 Å². The first-order valence-electron chi connectivity index (χ1n) is 10.3. The van der Waals surface area contributed by atoms with Crippen LogP contribution in [-0.2, 0) is 11.2 Å². The number of carbonyl (C=O) groups is 1. The molecule has 3 aromatic carbocycles. The number of fused-ring (bicyclic) bond motifs is 1. The number of amides is 1. The van der Waals surface area contributed by atoms with E-state index in [0.717, 1.165) is 33.4 Å². The van der Waals surface area contributed by atoms with E-state index in [1.165, 1.54) is 11.1 Å². The predicted octanol–water partition coefficient (Wildman–Crippen LogP) is 6.15. The third-order valence-electron chi connectivity index (χ3n) is 5.68. The minimum Gasteiger partial charge on any atom is -0.461 e. The van der Waals surface area contributed by atoms with Crippen molar-refractivity contribution in [1.82, 2.24) is 4.90 Å². The molecule has 0 aliphatic rings. The molecule has 1 heterocycles. The minimum absolute atomic E-state index is 0.0865. The van der Waals surface area contributed by atoms with Crippen LogP contribution in [0.5, 0.6) is 0 Å². The number of likely N-dealkylation sites (N-methyl/N-ethyl adjacent to an activating group) is 1. The van der Waals surface area contributed by atoms with Gasteiger partial charge >= 0.3 is 0 Å². The molecule has 3 heteroatoms. The highest BCUT2D eigenvalue weighted by atomic mass is 16.3. The molecule has 152 valence electrons. The second kappa shape index (κ2) is 8.19. The zero-order chi connectivity index (χ0) is 21.3. The zero-order valence-corrected chi connectivity index (χ0v) is 18.0. The Morgan fingerprint density at radius 2 is 1.70 bits per heavy atom. The van der Waals surface area contributed by atoms with Gasteiger partial charge in [0.15, 0.2) is 0 Å². The van der Waals surface area contributed by atoms with Crippen LogP contribution in [0.1, 0.15) is 39.6 Å². The standard InChI is InChI=1S/C27H27NO2/c1-18-10-12-24(19(2)14-18)27(22-8-6-5-7-9-22)28(4)26(29)17-21-11-13-25-23(16-21)15-20(3)30-25/h5-16,27H,17H2,1-4H3. The summed E-state index contributed by atoms with van der Waals surface area (Å²) >= 11 is 0. The molecule has 0 radical (unpaired) electrons. The molecule has 0 aliphatic heterocycles. The van der Waals surface area contributed by atoms with Gasteiger partial charge in [-0.05, 0) is 61.2 Å². The van der Waals surface area contributed by atoms with Crippen molar-refractivity contribution < 1.29 is 9.21 Å². The average molecular weight is 398 g/mol. The highest BCUT2D eigenvalue weighted by Gasteiger charge is 2.25. The van der Waals surface area contributed by atoms with Gasteiger partial charge in [-0.25, -0.2) is 0 Å². The number of rotatable bonds is 5. The van der Waals surface area contributed by atoms with Crippen molar-refractivity contribution in [2.24, 2.45) is 0 Å². The van der Waals surface area contributed by atoms with Crippen LogP contribution < -0.4 is 0 Å². The molecular weight excluding hydrogens is 370 g/mol. The number of aryl methyl sites for hydroxylation is 3. The van der Waals surface area contributed by atoms with Gasteiger partial charge in [-0.2, -0.15) is 0 Å². The Kier molecular flexibility index (Phi) is 5.45. The molecule has 3 nitrogen and oxygen atoms in total. The number of benzene rings is 3. The first kappa shape index (κ1) is 20.0. The van der Waals surface area contributed by atoms with Crippen molar-refractivity contribution in [3.05, 3.63) is 106 Å². The normalized spacial score (nSPS) is 12.1. The van der Waals surface area contributed by atoms with Crippen LogP contribution in [0.25, 0.3) is 11.0 Å². The van der Waals surface area contributed by atoms with E-state index >= 15 is 0 Å². The van der Waals surface area contributed by atoms with Gasteiger partial charge in [0.25, 0.3) is 0 Å². The van der Waals surface area contributed by atoms with E-state index in [2.05, 4.69) is 44.2 Å². The Morgan fingerprint density at radius 1 is 0.933 bits per heavy atom. The lowest BCUT2D eigenvalue weighted by Gasteiger charge is -2.30. The van der Waals surface area contributed by atoms with Crippen molar-refractivity contribution in [3.63, 3.8) is 0 Å². The molecule has 1 unspecified atom stereocenters. The monoisotopic (exact) mass is 397 g/mol. The summed E-state index contributed by atoms with van der Waals surface area (Å²) in [5, 5.41) is 1.04. The van der Waals surface area contributed by atoms with Crippen molar-refractivity contribution in [3.8, 4) is 0 Å². The van der Waals surface area contributed by atoms with Crippen LogP contribution in [0.4, 0.5) is 0 Å². The Morgan fingerprint density at radius 3 is 2.43 bits per heavy atom. The summed E-state index contributed by atoms with van der Waals surface area (Å²) in [7, 11) is 1.90. The summed E-state index contributed by atoms with van der Waals surface area (Å²) < 4.78 is 5.66. The Bertz CT molecular complexity index is 1190. The fourth-order valence-corrected chi connectivity index (χ4v) is 4.16. The molecule has 0 fully saturated rings. The zero-order valence-electron chi connectivity index (χ0n) is 18.0. The maximum Gasteiger partial charge on any atom is 0.227 e. The second-order valence-corrected chi connectivity index (χ2v) is 8.08. The maximum atomic E-state index is 13.3. The van der Waals surface area contributed by atoms with Crippen LogP contribution in [0.2, 0.25) is 0 Å². The van der Waals surface area contributed by atoms with Gasteiger partial charge in [-0.15, -0.1) is 0 Å². The highest BCUT2D eigenvalue weighted by molar-refractivity contribution is 5.83. The minimum atomic E-state index is -0.126. The average Bonchev–Trinajstić information content (AvgIpc) is 3.09. The smallest absolute Gasteiger partial charge is 0.227 e. The summed E-state index contributed by atoms with van der Waals surface area (Å²) in [5.74, 6) is 0.966. The van der Waals surface area contributed by atoms with Crippen molar-refractivity contribution in [2.75, 3.05) is 7.05 Å². The fraction of sp³-hybridized carbons (Fsp3) is 0.222. The van der Waals surface area contributed by atoms with E-state index in [-0.39, 0.29) is 11.9 Å². The van der Waals surface area contributed by atoms with Crippen LogP contribution >= 0.6 is 0 Å². The predicted molar refractivity (Wildman–Crippen MR) is 122 cm³/mol. The molecule has 0 bridgehead atoms. The topological polar surface area (TPSA) is 33.5 Å². The highest BCUT2D eigenvalue weighted by Crippen LogP contribution is 2.31. The van der Waals surface area contributed by atoms with Gasteiger partial charge in [0, 0.05) is 12.4 Å². The van der Waals surface area contributed by atoms with Crippen molar-refractivity contribution in [2.45, 2.75) is 33.2 Å². The van der Waals surface area contributed by atoms with E-state index in [0.29, 0.717) is 6.42 Å². The molecule has 1 amide bonds. The lowest BCUT2D eigenvalue weighted by atomic mass is 9.92. The molecule has 0 saturated carbocycles. The third-order valence-corrected chi connectivity index (χ3v) is 5.68. The Balaban J connectivity index is 1.66. The van der Waals surface area contributed by atoms with E-state index in [1.807, 2.05) is 61.3 Å². The van der Waals surface area contributed by atoms with Gasteiger partial charge in [0.2, 0.25) is 5.91 Å². The summed E-state index contributed by atoms with van der Waals surface area (Å²) in [6.45, 7) is 6.15. The van der Waals surface area contributed by atoms with Gasteiger partial charge in [0.1, 0.15) is 11.3 Å². The summed E-state index contributed by atoms with van der Waals surface area (Å²) in [6, 6.07) is 24.5. The quantitative estimate of drug-likeness (QED) is 0.405. The van der Waals surface area contributed by atoms with E-state index in [1.54, 1.807) is 0 Å². The van der Waals surface area contributed by atoms with Gasteiger partial charge in [-0.1, -0.05) is 60.2 Å². The number of carbonyl (C=O) groups excluding carboxylic acids is 1. The number of hydrogen-bond donors (Lipinski definition) is 0. The van der Waals surface area contributed by atoms with Crippen LogP contribution in [-0.4, -0.2) is 17.9 Å². The van der Waals surface area contributed by atoms with Gasteiger partial charge in [0.05, 0.1) is 12.5 Å². The Labute approximate surface area is 177 Å². The summed E-state index contributed by atoms with van der Waals surface area (Å²) in [5.41, 5.74) is 6.53. The molecule has 0 aliphatic carbocycles. The Hall–Kier alpha value is -3.33. The van der Waals surface area contributed by atoms with Crippen molar-refractivity contribution >= 4 is 16.9 Å². The molecule has 4 aromatic rings.